The van der Waals surface area contributed by atoms with Crippen molar-refractivity contribution in [3.8, 4) is 0 Å². The summed E-state index contributed by atoms with van der Waals surface area (Å²) in [5.74, 6) is 1.81. The van der Waals surface area contributed by atoms with Crippen molar-refractivity contribution in [2.75, 3.05) is 27.4 Å². The predicted molar refractivity (Wildman–Crippen MR) is 57.6 cm³/mol. The Balaban J connectivity index is 2.14. The summed E-state index contributed by atoms with van der Waals surface area (Å²) in [4.78, 5) is 0. The maximum absolute atomic E-state index is 5.51. The zero-order chi connectivity index (χ0) is 10.9. The largest absolute Gasteiger partial charge is 0.462 e. The molecule has 1 aromatic rings. The van der Waals surface area contributed by atoms with Crippen LogP contribution in [0.25, 0.3) is 0 Å². The fourth-order valence-corrected chi connectivity index (χ4v) is 1.25. The number of rotatable bonds is 8. The number of hydrogen-bond acceptors (Lipinski definition) is 4. The van der Waals surface area contributed by atoms with Crippen molar-refractivity contribution in [2.45, 2.75) is 19.6 Å². The normalized spacial score (nSPS) is 10.8. The van der Waals surface area contributed by atoms with Crippen LogP contribution in [0, 0.1) is 0 Å². The molecule has 1 rings (SSSR count). The highest BCUT2D eigenvalue weighted by Gasteiger charge is 2.00. The van der Waals surface area contributed by atoms with E-state index in [0.29, 0.717) is 13.2 Å². The van der Waals surface area contributed by atoms with Crippen LogP contribution in [0.2, 0.25) is 0 Å². The van der Waals surface area contributed by atoms with Gasteiger partial charge in [-0.1, -0.05) is 0 Å². The van der Waals surface area contributed by atoms with Crippen molar-refractivity contribution >= 4 is 0 Å². The molecule has 1 aromatic heterocycles. The summed E-state index contributed by atoms with van der Waals surface area (Å²) in [6.45, 7) is 2.73. The minimum atomic E-state index is 0.535. The lowest BCUT2D eigenvalue weighted by Crippen LogP contribution is -2.03. The van der Waals surface area contributed by atoms with Gasteiger partial charge in [-0.05, 0) is 25.6 Å². The van der Waals surface area contributed by atoms with Crippen LogP contribution in [-0.2, 0) is 22.6 Å². The summed E-state index contributed by atoms with van der Waals surface area (Å²) in [5.41, 5.74) is 0. The molecular weight excluding hydrogens is 194 g/mol. The number of furan rings is 1. The monoisotopic (exact) mass is 213 g/mol. The first-order valence-corrected chi connectivity index (χ1v) is 5.15. The Hall–Kier alpha value is -0.840. The van der Waals surface area contributed by atoms with Crippen LogP contribution in [0.1, 0.15) is 17.9 Å². The molecule has 1 heterocycles. The van der Waals surface area contributed by atoms with Crippen molar-refractivity contribution in [1.29, 1.82) is 0 Å². The number of ether oxygens (including phenoxy) is 2. The second-order valence-electron chi connectivity index (χ2n) is 3.30. The van der Waals surface area contributed by atoms with Crippen molar-refractivity contribution in [1.82, 2.24) is 5.32 Å². The van der Waals surface area contributed by atoms with Gasteiger partial charge in [-0.3, -0.25) is 0 Å². The molecule has 0 spiro atoms. The third kappa shape index (κ3) is 4.97. The quantitative estimate of drug-likeness (QED) is 0.665. The topological polar surface area (TPSA) is 43.6 Å². The molecule has 4 heteroatoms. The molecule has 0 fully saturated rings. The maximum Gasteiger partial charge on any atom is 0.129 e. The smallest absolute Gasteiger partial charge is 0.129 e. The summed E-state index contributed by atoms with van der Waals surface area (Å²) in [5, 5.41) is 3.03. The summed E-state index contributed by atoms with van der Waals surface area (Å²) in [6, 6.07) is 3.91. The molecule has 0 bridgehead atoms. The molecule has 15 heavy (non-hydrogen) atoms. The molecule has 0 atom stereocenters. The van der Waals surface area contributed by atoms with Crippen LogP contribution in [0.5, 0.6) is 0 Å². The highest BCUT2D eigenvalue weighted by atomic mass is 16.5. The van der Waals surface area contributed by atoms with Crippen LogP contribution in [0.4, 0.5) is 0 Å². The van der Waals surface area contributed by atoms with Gasteiger partial charge >= 0.3 is 0 Å². The van der Waals surface area contributed by atoms with Crippen LogP contribution >= 0.6 is 0 Å². The fourth-order valence-electron chi connectivity index (χ4n) is 1.25. The fraction of sp³-hybridized carbons (Fsp3) is 0.636. The predicted octanol–water partition coefficient (Wildman–Crippen LogP) is 1.55. The van der Waals surface area contributed by atoms with E-state index in [1.165, 1.54) is 0 Å². The van der Waals surface area contributed by atoms with E-state index in [0.717, 1.165) is 31.1 Å². The highest BCUT2D eigenvalue weighted by molar-refractivity contribution is 5.06. The van der Waals surface area contributed by atoms with Crippen molar-refractivity contribution in [3.63, 3.8) is 0 Å². The molecule has 86 valence electrons. The second-order valence-corrected chi connectivity index (χ2v) is 3.30. The molecule has 0 saturated heterocycles. The zero-order valence-corrected chi connectivity index (χ0v) is 9.41. The van der Waals surface area contributed by atoms with Gasteiger partial charge in [0.1, 0.15) is 18.1 Å². The first kappa shape index (κ1) is 12.2. The van der Waals surface area contributed by atoms with Gasteiger partial charge in [0.15, 0.2) is 0 Å². The summed E-state index contributed by atoms with van der Waals surface area (Å²) in [6.07, 6.45) is 0.917. The first-order chi connectivity index (χ1) is 7.36. The molecule has 0 aliphatic carbocycles. The Morgan fingerprint density at radius 1 is 1.27 bits per heavy atom. The lowest BCUT2D eigenvalue weighted by molar-refractivity contribution is 0.0821. The molecule has 0 radical (unpaired) electrons. The van der Waals surface area contributed by atoms with Gasteiger partial charge in [0.2, 0.25) is 0 Å². The van der Waals surface area contributed by atoms with Crippen LogP contribution in [0.3, 0.4) is 0 Å². The number of nitrogens with one attached hydrogen (secondary N) is 1. The van der Waals surface area contributed by atoms with Gasteiger partial charge in [-0.25, -0.2) is 0 Å². The zero-order valence-electron chi connectivity index (χ0n) is 9.41. The van der Waals surface area contributed by atoms with Gasteiger partial charge in [0, 0.05) is 20.3 Å². The van der Waals surface area contributed by atoms with E-state index in [1.807, 2.05) is 19.2 Å². The van der Waals surface area contributed by atoms with Gasteiger partial charge in [0.05, 0.1) is 6.54 Å². The van der Waals surface area contributed by atoms with Gasteiger partial charge < -0.3 is 19.2 Å². The summed E-state index contributed by atoms with van der Waals surface area (Å²) in [7, 11) is 3.58. The van der Waals surface area contributed by atoms with Crippen molar-refractivity contribution in [3.05, 3.63) is 23.7 Å². The Morgan fingerprint density at radius 3 is 2.80 bits per heavy atom. The van der Waals surface area contributed by atoms with Crippen LogP contribution < -0.4 is 5.32 Å². The van der Waals surface area contributed by atoms with Gasteiger partial charge in [0.25, 0.3) is 0 Å². The second kappa shape index (κ2) is 7.45. The van der Waals surface area contributed by atoms with Gasteiger partial charge in [-0.15, -0.1) is 0 Å². The molecule has 0 aliphatic heterocycles. The summed E-state index contributed by atoms with van der Waals surface area (Å²) >= 11 is 0. The van der Waals surface area contributed by atoms with Gasteiger partial charge in [-0.2, -0.15) is 0 Å². The van der Waals surface area contributed by atoms with E-state index in [9.17, 15) is 0 Å². The maximum atomic E-state index is 5.51. The Kier molecular flexibility index (Phi) is 6.08. The number of methoxy groups -OCH3 is 1. The Labute approximate surface area is 90.6 Å². The minimum absolute atomic E-state index is 0.535. The van der Waals surface area contributed by atoms with Crippen LogP contribution in [0.15, 0.2) is 16.5 Å². The van der Waals surface area contributed by atoms with Crippen molar-refractivity contribution < 1.29 is 13.9 Å². The molecular formula is C11H19NO3. The standard InChI is InChI=1S/C11H19NO3/c1-12-8-10-4-5-11(15-10)9-14-7-3-6-13-2/h4-5,12H,3,6-9H2,1-2H3. The average molecular weight is 213 g/mol. The molecule has 0 amide bonds. The van der Waals surface area contributed by atoms with E-state index in [4.69, 9.17) is 13.9 Å². The molecule has 0 saturated carbocycles. The first-order valence-electron chi connectivity index (χ1n) is 5.15. The number of hydrogen-bond donors (Lipinski definition) is 1. The Morgan fingerprint density at radius 2 is 2.07 bits per heavy atom. The molecule has 4 nitrogen and oxygen atoms in total. The van der Waals surface area contributed by atoms with E-state index >= 15 is 0 Å². The van der Waals surface area contributed by atoms with E-state index in [-0.39, 0.29) is 0 Å². The lowest BCUT2D eigenvalue weighted by Gasteiger charge is -2.01. The third-order valence-electron chi connectivity index (χ3n) is 1.95. The lowest BCUT2D eigenvalue weighted by atomic mass is 10.4. The molecule has 1 N–H and O–H groups in total. The molecule has 0 unspecified atom stereocenters. The third-order valence-corrected chi connectivity index (χ3v) is 1.95. The van der Waals surface area contributed by atoms with E-state index in [1.54, 1.807) is 7.11 Å². The SMILES string of the molecule is CNCc1ccc(COCCCOC)o1. The van der Waals surface area contributed by atoms with E-state index in [2.05, 4.69) is 5.32 Å². The molecule has 0 aromatic carbocycles. The van der Waals surface area contributed by atoms with Crippen molar-refractivity contribution in [2.24, 2.45) is 0 Å². The minimum Gasteiger partial charge on any atom is -0.462 e. The van der Waals surface area contributed by atoms with E-state index < -0.39 is 0 Å². The summed E-state index contributed by atoms with van der Waals surface area (Å²) < 4.78 is 15.8. The average Bonchev–Trinajstić information content (AvgIpc) is 2.66. The van der Waals surface area contributed by atoms with Crippen LogP contribution in [-0.4, -0.2) is 27.4 Å². The Bertz CT molecular complexity index is 260. The highest BCUT2D eigenvalue weighted by Crippen LogP contribution is 2.08. The molecule has 0 aliphatic rings.